The summed E-state index contributed by atoms with van der Waals surface area (Å²) in [7, 11) is 5.35. The summed E-state index contributed by atoms with van der Waals surface area (Å²) in [5, 5.41) is 0.450. The van der Waals surface area contributed by atoms with Crippen LogP contribution < -0.4 is 0 Å². The molecule has 2 atom stereocenters. The summed E-state index contributed by atoms with van der Waals surface area (Å²) < 4.78 is 0. The van der Waals surface area contributed by atoms with Crippen molar-refractivity contribution < 1.29 is 0 Å². The lowest BCUT2D eigenvalue weighted by Gasteiger charge is -2.45. The van der Waals surface area contributed by atoms with Crippen LogP contribution in [0.2, 0.25) is 0 Å². The van der Waals surface area contributed by atoms with Crippen molar-refractivity contribution in [2.45, 2.75) is 44.2 Å². The van der Waals surface area contributed by atoms with Crippen molar-refractivity contribution in [2.75, 3.05) is 13.1 Å². The van der Waals surface area contributed by atoms with Gasteiger partial charge in [0.15, 0.2) is 0 Å². The highest BCUT2D eigenvalue weighted by molar-refractivity contribution is 7.22. The highest BCUT2D eigenvalue weighted by Crippen LogP contribution is 2.30. The smallest absolute Gasteiger partial charge is 0.116 e. The third kappa shape index (κ3) is 2.74. The van der Waals surface area contributed by atoms with Crippen LogP contribution in [-0.2, 0) is 0 Å². The van der Waals surface area contributed by atoms with E-state index in [0.717, 1.165) is 0 Å². The van der Waals surface area contributed by atoms with Crippen LogP contribution in [0, 0.1) is 0 Å². The van der Waals surface area contributed by atoms with Crippen LogP contribution in [0.15, 0.2) is 0 Å². The van der Waals surface area contributed by atoms with E-state index >= 15 is 0 Å². The van der Waals surface area contributed by atoms with E-state index in [2.05, 4.69) is 42.8 Å². The van der Waals surface area contributed by atoms with Gasteiger partial charge in [-0.1, -0.05) is 0 Å². The third-order valence-corrected chi connectivity index (χ3v) is 3.15. The predicted molar refractivity (Wildman–Crippen MR) is 61.5 cm³/mol. The van der Waals surface area contributed by atoms with E-state index in [-0.39, 0.29) is 0 Å². The Morgan fingerprint density at radius 3 is 2.33 bits per heavy atom. The Hall–Kier alpha value is 0.455. The quantitative estimate of drug-likeness (QED) is 0.403. The maximum Gasteiger partial charge on any atom is 0.116 e. The molecule has 0 N–H and O–H groups in total. The summed E-state index contributed by atoms with van der Waals surface area (Å²) >= 11 is 0. The van der Waals surface area contributed by atoms with E-state index in [1.807, 2.05) is 0 Å². The minimum absolute atomic E-state index is 0.345. The van der Waals surface area contributed by atoms with E-state index in [1.54, 1.807) is 0 Å². The average molecular weight is 185 g/mol. The van der Waals surface area contributed by atoms with Crippen LogP contribution in [0.5, 0.6) is 0 Å². The van der Waals surface area contributed by atoms with E-state index in [4.69, 9.17) is 0 Å². The SMILES string of the molecule is BC1(P)CCCN(C(C)(C)C)C1. The van der Waals surface area contributed by atoms with E-state index < -0.39 is 0 Å². The standard InChI is InChI=1S/C9H21BNP/c1-8(2,3)11-6-4-5-9(10,12)7-11/h4-7,10,12H2,1-3H3. The Balaban J connectivity index is 2.58. The van der Waals surface area contributed by atoms with Gasteiger partial charge >= 0.3 is 0 Å². The molecule has 1 saturated heterocycles. The largest absolute Gasteiger partial charge is 0.298 e. The molecule has 0 spiro atoms. The fourth-order valence-electron chi connectivity index (χ4n) is 1.84. The zero-order valence-electron chi connectivity index (χ0n) is 8.85. The summed E-state index contributed by atoms with van der Waals surface area (Å²) in [6.07, 6.45) is 2.70. The van der Waals surface area contributed by atoms with Crippen LogP contribution in [0.4, 0.5) is 0 Å². The van der Waals surface area contributed by atoms with Crippen LogP contribution in [0.1, 0.15) is 33.6 Å². The second kappa shape index (κ2) is 3.31. The molecule has 3 heteroatoms. The average Bonchev–Trinajstić information content (AvgIpc) is 1.83. The Kier molecular flexibility index (Phi) is 2.90. The molecule has 0 radical (unpaired) electrons. The van der Waals surface area contributed by atoms with Gasteiger partial charge in [-0.2, -0.15) is 0 Å². The summed E-state index contributed by atoms with van der Waals surface area (Å²) in [6, 6.07) is 0. The van der Waals surface area contributed by atoms with Crippen molar-refractivity contribution in [3.8, 4) is 0 Å². The molecule has 12 heavy (non-hydrogen) atoms. The van der Waals surface area contributed by atoms with E-state index in [1.165, 1.54) is 25.9 Å². The van der Waals surface area contributed by atoms with Gasteiger partial charge in [0.05, 0.1) is 0 Å². The van der Waals surface area contributed by atoms with Gasteiger partial charge in [0.1, 0.15) is 7.85 Å². The van der Waals surface area contributed by atoms with E-state index in [9.17, 15) is 0 Å². The zero-order valence-corrected chi connectivity index (χ0v) is 10.0. The molecular formula is C9H21BNP. The fourth-order valence-corrected chi connectivity index (χ4v) is 2.26. The maximum absolute atomic E-state index is 3.00. The first-order chi connectivity index (χ1) is 5.31. The molecule has 1 aliphatic rings. The highest BCUT2D eigenvalue weighted by atomic mass is 31.0. The number of hydrogen-bond acceptors (Lipinski definition) is 1. The molecule has 0 bridgehead atoms. The number of rotatable bonds is 0. The van der Waals surface area contributed by atoms with Gasteiger partial charge in [0, 0.05) is 12.1 Å². The Bertz CT molecular complexity index is 159. The van der Waals surface area contributed by atoms with Crippen molar-refractivity contribution in [3.63, 3.8) is 0 Å². The maximum atomic E-state index is 3.00. The first-order valence-corrected chi connectivity index (χ1v) is 5.43. The zero-order chi connectivity index (χ0) is 9.41. The molecule has 0 aromatic carbocycles. The van der Waals surface area contributed by atoms with Crippen LogP contribution >= 0.6 is 9.24 Å². The Morgan fingerprint density at radius 2 is 2.00 bits per heavy atom. The molecular weight excluding hydrogens is 164 g/mol. The van der Waals surface area contributed by atoms with Gasteiger partial charge in [-0.3, -0.25) is 4.90 Å². The van der Waals surface area contributed by atoms with E-state index in [0.29, 0.717) is 10.6 Å². The minimum Gasteiger partial charge on any atom is -0.298 e. The highest BCUT2D eigenvalue weighted by Gasteiger charge is 2.31. The molecule has 1 rings (SSSR count). The van der Waals surface area contributed by atoms with Crippen LogP contribution in [0.25, 0.3) is 0 Å². The van der Waals surface area contributed by atoms with Gasteiger partial charge in [0.25, 0.3) is 0 Å². The van der Waals surface area contributed by atoms with Gasteiger partial charge in [0.2, 0.25) is 0 Å². The number of hydrogen-bond donors (Lipinski definition) is 0. The van der Waals surface area contributed by atoms with Crippen molar-refractivity contribution in [1.82, 2.24) is 4.90 Å². The molecule has 2 unspecified atom stereocenters. The number of piperidine rings is 1. The third-order valence-electron chi connectivity index (χ3n) is 2.68. The molecule has 0 aromatic rings. The molecule has 0 saturated carbocycles. The summed E-state index contributed by atoms with van der Waals surface area (Å²) in [5.41, 5.74) is 0.345. The van der Waals surface area contributed by atoms with Crippen molar-refractivity contribution in [3.05, 3.63) is 0 Å². The first-order valence-electron chi connectivity index (χ1n) is 4.85. The van der Waals surface area contributed by atoms with Gasteiger partial charge in [-0.25, -0.2) is 0 Å². The lowest BCUT2D eigenvalue weighted by Crippen LogP contribution is -2.52. The van der Waals surface area contributed by atoms with Crippen molar-refractivity contribution in [2.24, 2.45) is 0 Å². The summed E-state index contributed by atoms with van der Waals surface area (Å²) in [5.74, 6) is 0. The van der Waals surface area contributed by atoms with Gasteiger partial charge in [-0.05, 0) is 45.2 Å². The molecule has 1 fully saturated rings. The topological polar surface area (TPSA) is 3.24 Å². The molecule has 0 aromatic heterocycles. The number of nitrogens with zero attached hydrogens (tertiary/aromatic N) is 1. The van der Waals surface area contributed by atoms with Crippen LogP contribution in [-0.4, -0.2) is 36.4 Å². The first kappa shape index (κ1) is 10.5. The van der Waals surface area contributed by atoms with Crippen molar-refractivity contribution >= 4 is 17.1 Å². The Morgan fingerprint density at radius 1 is 1.42 bits per heavy atom. The second-order valence-corrected chi connectivity index (χ2v) is 6.74. The molecule has 0 aliphatic carbocycles. The predicted octanol–water partition coefficient (Wildman–Crippen LogP) is 1.09. The Labute approximate surface area is 79.9 Å². The van der Waals surface area contributed by atoms with Crippen LogP contribution in [0.3, 0.4) is 0 Å². The summed E-state index contributed by atoms with van der Waals surface area (Å²) in [6.45, 7) is 9.41. The normalized spacial score (nSPS) is 33.7. The lowest BCUT2D eigenvalue weighted by molar-refractivity contribution is 0.107. The van der Waals surface area contributed by atoms with Gasteiger partial charge in [-0.15, -0.1) is 9.24 Å². The second-order valence-electron chi connectivity index (χ2n) is 5.35. The molecule has 70 valence electrons. The minimum atomic E-state index is 0.345. The monoisotopic (exact) mass is 185 g/mol. The molecule has 1 aliphatic heterocycles. The molecule has 0 amide bonds. The number of likely N-dealkylation sites (tertiary alicyclic amines) is 1. The molecule has 1 heterocycles. The molecule has 1 nitrogen and oxygen atoms in total. The van der Waals surface area contributed by atoms with Gasteiger partial charge < -0.3 is 0 Å². The van der Waals surface area contributed by atoms with Crippen molar-refractivity contribution in [1.29, 1.82) is 0 Å². The lowest BCUT2D eigenvalue weighted by atomic mass is 9.78. The fraction of sp³-hybridized carbons (Fsp3) is 1.00. The summed E-state index contributed by atoms with van der Waals surface area (Å²) in [4.78, 5) is 2.59.